The van der Waals surface area contributed by atoms with E-state index in [0.717, 1.165) is 12.8 Å². The van der Waals surface area contributed by atoms with Crippen molar-refractivity contribution in [3.63, 3.8) is 0 Å². The monoisotopic (exact) mass is 206 g/mol. The predicted octanol–water partition coefficient (Wildman–Crippen LogP) is 2.51. The Labute approximate surface area is 92.7 Å². The van der Waals surface area contributed by atoms with E-state index in [-0.39, 0.29) is 11.6 Å². The maximum Gasteiger partial charge on any atom is 0.0295 e. The van der Waals surface area contributed by atoms with E-state index in [1.54, 1.807) is 0 Å². The Morgan fingerprint density at radius 1 is 1.20 bits per heavy atom. The number of rotatable bonds is 4. The molecule has 0 saturated carbocycles. The molecule has 0 amide bonds. The van der Waals surface area contributed by atoms with Crippen LogP contribution in [0.25, 0.3) is 0 Å². The normalized spacial score (nSPS) is 13.9. The third-order valence-corrected chi connectivity index (χ3v) is 2.61. The van der Waals surface area contributed by atoms with Crippen LogP contribution < -0.4 is 11.5 Å². The van der Waals surface area contributed by atoms with Gasteiger partial charge in [0.15, 0.2) is 0 Å². The minimum absolute atomic E-state index is 0.105. The van der Waals surface area contributed by atoms with E-state index in [9.17, 15) is 0 Å². The Kier molecular flexibility index (Phi) is 3.89. The Balaban J connectivity index is 2.54. The van der Waals surface area contributed by atoms with E-state index in [1.165, 1.54) is 11.1 Å². The maximum atomic E-state index is 6.10. The van der Waals surface area contributed by atoms with Gasteiger partial charge in [-0.15, -0.1) is 0 Å². The molecule has 84 valence electrons. The molecule has 0 radical (unpaired) electrons. The van der Waals surface area contributed by atoms with Crippen LogP contribution in [0, 0.1) is 6.92 Å². The molecule has 0 aliphatic rings. The summed E-state index contributed by atoms with van der Waals surface area (Å²) in [6.07, 6.45) is 1.88. The van der Waals surface area contributed by atoms with Crippen molar-refractivity contribution in [1.29, 1.82) is 0 Å². The van der Waals surface area contributed by atoms with E-state index in [2.05, 4.69) is 31.2 Å². The summed E-state index contributed by atoms with van der Waals surface area (Å²) in [6, 6.07) is 8.51. The second-order valence-corrected chi connectivity index (χ2v) is 5.04. The highest BCUT2D eigenvalue weighted by Crippen LogP contribution is 2.19. The van der Waals surface area contributed by atoms with E-state index in [4.69, 9.17) is 11.5 Å². The number of benzene rings is 1. The number of nitrogens with two attached hydrogens (primary N) is 2. The fourth-order valence-electron chi connectivity index (χ4n) is 1.51. The highest BCUT2D eigenvalue weighted by Gasteiger charge is 2.13. The van der Waals surface area contributed by atoms with Crippen LogP contribution in [0.2, 0.25) is 0 Å². The molecule has 4 N–H and O–H groups in total. The summed E-state index contributed by atoms with van der Waals surface area (Å²) in [7, 11) is 0. The minimum Gasteiger partial charge on any atom is -0.326 e. The van der Waals surface area contributed by atoms with E-state index >= 15 is 0 Å². The zero-order chi connectivity index (χ0) is 11.5. The topological polar surface area (TPSA) is 52.0 Å². The third-order valence-electron chi connectivity index (χ3n) is 2.61. The highest BCUT2D eigenvalue weighted by molar-refractivity contribution is 5.23. The lowest BCUT2D eigenvalue weighted by Gasteiger charge is -2.21. The van der Waals surface area contributed by atoms with Crippen LogP contribution in [-0.4, -0.2) is 5.54 Å². The fraction of sp³-hybridized carbons (Fsp3) is 0.538. The van der Waals surface area contributed by atoms with Gasteiger partial charge in [0, 0.05) is 11.6 Å². The van der Waals surface area contributed by atoms with Crippen molar-refractivity contribution in [2.24, 2.45) is 11.5 Å². The summed E-state index contributed by atoms with van der Waals surface area (Å²) < 4.78 is 0. The van der Waals surface area contributed by atoms with Gasteiger partial charge in [-0.3, -0.25) is 0 Å². The molecule has 1 aromatic carbocycles. The van der Waals surface area contributed by atoms with Gasteiger partial charge in [-0.1, -0.05) is 29.8 Å². The molecule has 1 atom stereocenters. The first-order chi connectivity index (χ1) is 6.88. The zero-order valence-corrected chi connectivity index (χ0v) is 9.96. The fourth-order valence-corrected chi connectivity index (χ4v) is 1.51. The van der Waals surface area contributed by atoms with Crippen molar-refractivity contribution in [2.45, 2.75) is 45.2 Å². The van der Waals surface area contributed by atoms with Crippen LogP contribution in [0.15, 0.2) is 24.3 Å². The van der Waals surface area contributed by atoms with Crippen LogP contribution in [0.5, 0.6) is 0 Å². The molecule has 0 bridgehead atoms. The zero-order valence-electron chi connectivity index (χ0n) is 9.96. The summed E-state index contributed by atoms with van der Waals surface area (Å²) >= 11 is 0. The largest absolute Gasteiger partial charge is 0.326 e. The second kappa shape index (κ2) is 4.77. The van der Waals surface area contributed by atoms with Crippen LogP contribution in [-0.2, 0) is 0 Å². The molecule has 0 aromatic heterocycles. The van der Waals surface area contributed by atoms with Gasteiger partial charge in [0.25, 0.3) is 0 Å². The van der Waals surface area contributed by atoms with E-state index in [0.29, 0.717) is 0 Å². The van der Waals surface area contributed by atoms with Gasteiger partial charge < -0.3 is 11.5 Å². The van der Waals surface area contributed by atoms with Gasteiger partial charge in [-0.25, -0.2) is 0 Å². The number of hydrogen-bond acceptors (Lipinski definition) is 2. The third kappa shape index (κ3) is 4.45. The van der Waals surface area contributed by atoms with Crippen molar-refractivity contribution < 1.29 is 0 Å². The van der Waals surface area contributed by atoms with Crippen LogP contribution in [0.4, 0.5) is 0 Å². The molecule has 15 heavy (non-hydrogen) atoms. The highest BCUT2D eigenvalue weighted by atomic mass is 14.7. The van der Waals surface area contributed by atoms with E-state index < -0.39 is 0 Å². The average molecular weight is 206 g/mol. The summed E-state index contributed by atoms with van der Waals surface area (Å²) in [5, 5.41) is 0. The molecule has 0 heterocycles. The molecule has 0 aliphatic heterocycles. The first kappa shape index (κ1) is 12.2. The first-order valence-electron chi connectivity index (χ1n) is 5.49. The minimum atomic E-state index is -0.123. The molecular formula is C13H22N2. The van der Waals surface area contributed by atoms with Gasteiger partial charge in [0.1, 0.15) is 0 Å². The number of hydrogen-bond donors (Lipinski definition) is 2. The van der Waals surface area contributed by atoms with Gasteiger partial charge >= 0.3 is 0 Å². The molecule has 0 saturated heterocycles. The molecule has 0 fully saturated rings. The molecule has 0 aliphatic carbocycles. The lowest BCUT2D eigenvalue weighted by Crippen LogP contribution is -2.32. The molecule has 2 heteroatoms. The van der Waals surface area contributed by atoms with Crippen molar-refractivity contribution in [3.05, 3.63) is 35.4 Å². The van der Waals surface area contributed by atoms with Crippen LogP contribution in [0.3, 0.4) is 0 Å². The molecular weight excluding hydrogens is 184 g/mol. The predicted molar refractivity (Wildman–Crippen MR) is 65.6 cm³/mol. The Hall–Kier alpha value is -0.860. The molecule has 0 spiro atoms. The van der Waals surface area contributed by atoms with Crippen molar-refractivity contribution in [3.8, 4) is 0 Å². The summed E-state index contributed by atoms with van der Waals surface area (Å²) in [6.45, 7) is 6.15. The maximum absolute atomic E-state index is 6.10. The van der Waals surface area contributed by atoms with Crippen LogP contribution >= 0.6 is 0 Å². The molecule has 1 rings (SSSR count). The van der Waals surface area contributed by atoms with Gasteiger partial charge in [-0.2, -0.15) is 0 Å². The lowest BCUT2D eigenvalue weighted by atomic mass is 9.94. The van der Waals surface area contributed by atoms with Gasteiger partial charge in [0.05, 0.1) is 0 Å². The summed E-state index contributed by atoms with van der Waals surface area (Å²) in [5.41, 5.74) is 14.4. The Morgan fingerprint density at radius 3 is 2.20 bits per heavy atom. The van der Waals surface area contributed by atoms with Crippen molar-refractivity contribution in [2.75, 3.05) is 0 Å². The van der Waals surface area contributed by atoms with Gasteiger partial charge in [-0.05, 0) is 39.2 Å². The van der Waals surface area contributed by atoms with Crippen LogP contribution in [0.1, 0.15) is 43.9 Å². The molecule has 2 nitrogen and oxygen atoms in total. The second-order valence-electron chi connectivity index (χ2n) is 5.04. The lowest BCUT2D eigenvalue weighted by molar-refractivity contribution is 0.433. The number of aryl methyl sites for hydroxylation is 1. The van der Waals surface area contributed by atoms with E-state index in [1.807, 2.05) is 13.8 Å². The standard InChI is InChI=1S/C13H22N2/c1-10-4-6-11(7-5-10)12(14)8-9-13(2,3)15/h4-7,12H,8-9,14-15H2,1-3H3. The molecule has 1 aromatic rings. The Morgan fingerprint density at radius 2 is 1.73 bits per heavy atom. The average Bonchev–Trinajstić information content (AvgIpc) is 2.14. The van der Waals surface area contributed by atoms with Gasteiger partial charge in [0.2, 0.25) is 0 Å². The molecule has 1 unspecified atom stereocenters. The smallest absolute Gasteiger partial charge is 0.0295 e. The van der Waals surface area contributed by atoms with Crippen molar-refractivity contribution >= 4 is 0 Å². The Bertz CT molecular complexity index is 295. The SMILES string of the molecule is Cc1ccc(C(N)CCC(C)(C)N)cc1. The quantitative estimate of drug-likeness (QED) is 0.795. The van der Waals surface area contributed by atoms with Crippen molar-refractivity contribution in [1.82, 2.24) is 0 Å². The summed E-state index contributed by atoms with van der Waals surface area (Å²) in [4.78, 5) is 0. The first-order valence-corrected chi connectivity index (χ1v) is 5.49. The summed E-state index contributed by atoms with van der Waals surface area (Å²) in [5.74, 6) is 0.